The van der Waals surface area contributed by atoms with Crippen molar-refractivity contribution >= 4 is 0 Å². The number of nitrogens with zero attached hydrogens (tertiary/aromatic N) is 2. The van der Waals surface area contributed by atoms with Crippen molar-refractivity contribution in [3.05, 3.63) is 18.2 Å². The molecule has 0 saturated carbocycles. The van der Waals surface area contributed by atoms with Crippen molar-refractivity contribution in [1.82, 2.24) is 14.9 Å². The first-order valence-electron chi connectivity index (χ1n) is 6.01. The molecular weight excluding hydrogens is 186 g/mol. The highest BCUT2D eigenvalue weighted by Gasteiger charge is 2.04. The second-order valence-electron chi connectivity index (χ2n) is 4.03. The van der Waals surface area contributed by atoms with E-state index in [1.807, 2.05) is 6.20 Å². The first-order valence-corrected chi connectivity index (χ1v) is 6.01. The maximum absolute atomic E-state index is 4.37. The molecule has 0 saturated heterocycles. The summed E-state index contributed by atoms with van der Waals surface area (Å²) in [4.78, 5) is 4.37. The van der Waals surface area contributed by atoms with Gasteiger partial charge >= 0.3 is 0 Å². The van der Waals surface area contributed by atoms with E-state index in [0.717, 1.165) is 19.5 Å². The number of aromatic nitrogens is 2. The first kappa shape index (κ1) is 12.2. The molecule has 15 heavy (non-hydrogen) atoms. The summed E-state index contributed by atoms with van der Waals surface area (Å²) in [5, 5.41) is 3.43. The van der Waals surface area contributed by atoms with Gasteiger partial charge in [0.05, 0.1) is 0 Å². The van der Waals surface area contributed by atoms with Gasteiger partial charge in [-0.15, -0.1) is 0 Å². The molecule has 0 aromatic carbocycles. The molecule has 1 heterocycles. The molecule has 1 rings (SSSR count). The van der Waals surface area contributed by atoms with Crippen molar-refractivity contribution in [1.29, 1.82) is 0 Å². The Morgan fingerprint density at radius 2 is 2.27 bits per heavy atom. The van der Waals surface area contributed by atoms with Crippen LogP contribution in [0.3, 0.4) is 0 Å². The average Bonchev–Trinajstić information content (AvgIpc) is 2.64. The monoisotopic (exact) mass is 209 g/mol. The summed E-state index contributed by atoms with van der Waals surface area (Å²) in [6, 6.07) is 0.590. The molecule has 0 bridgehead atoms. The van der Waals surface area contributed by atoms with Gasteiger partial charge in [0.15, 0.2) is 0 Å². The van der Waals surface area contributed by atoms with Crippen LogP contribution in [-0.2, 0) is 13.0 Å². The van der Waals surface area contributed by atoms with E-state index in [9.17, 15) is 0 Å². The molecule has 0 aliphatic heterocycles. The molecule has 0 spiro atoms. The molecule has 0 aliphatic carbocycles. The van der Waals surface area contributed by atoms with Gasteiger partial charge in [0.25, 0.3) is 0 Å². The van der Waals surface area contributed by atoms with Crippen LogP contribution in [0.15, 0.2) is 12.4 Å². The van der Waals surface area contributed by atoms with Crippen LogP contribution in [0.1, 0.15) is 39.4 Å². The number of rotatable bonds is 7. The van der Waals surface area contributed by atoms with Gasteiger partial charge in [-0.05, 0) is 26.3 Å². The van der Waals surface area contributed by atoms with Crippen LogP contribution < -0.4 is 5.32 Å². The Kier molecular flexibility index (Phi) is 5.40. The van der Waals surface area contributed by atoms with Gasteiger partial charge in [-0.3, -0.25) is 0 Å². The van der Waals surface area contributed by atoms with Crippen molar-refractivity contribution in [2.45, 2.75) is 52.6 Å². The van der Waals surface area contributed by atoms with Crippen LogP contribution in [0.4, 0.5) is 0 Å². The van der Waals surface area contributed by atoms with Crippen LogP contribution in [0, 0.1) is 0 Å². The summed E-state index contributed by atoms with van der Waals surface area (Å²) in [7, 11) is 0. The zero-order valence-electron chi connectivity index (χ0n) is 10.2. The summed E-state index contributed by atoms with van der Waals surface area (Å²) >= 11 is 0. The zero-order valence-corrected chi connectivity index (χ0v) is 10.2. The highest BCUT2D eigenvalue weighted by molar-refractivity contribution is 4.92. The minimum Gasteiger partial charge on any atom is -0.335 e. The third-order valence-corrected chi connectivity index (χ3v) is 2.63. The number of nitrogens with one attached hydrogen (secondary N) is 1. The van der Waals surface area contributed by atoms with Crippen LogP contribution in [0.25, 0.3) is 0 Å². The Morgan fingerprint density at radius 1 is 1.47 bits per heavy atom. The fraction of sp³-hybridized carbons (Fsp3) is 0.750. The lowest BCUT2D eigenvalue weighted by Crippen LogP contribution is -2.26. The fourth-order valence-corrected chi connectivity index (χ4v) is 1.78. The SMILES string of the molecule is CCCc1nccn1CCC(C)NCC. The maximum Gasteiger partial charge on any atom is 0.108 e. The van der Waals surface area contributed by atoms with Crippen LogP contribution in [0.5, 0.6) is 0 Å². The third kappa shape index (κ3) is 4.04. The Bertz CT molecular complexity index is 268. The molecule has 1 atom stereocenters. The van der Waals surface area contributed by atoms with Gasteiger partial charge in [0.1, 0.15) is 5.82 Å². The van der Waals surface area contributed by atoms with Crippen molar-refractivity contribution in [2.24, 2.45) is 0 Å². The Labute approximate surface area is 92.9 Å². The standard InChI is InChI=1S/C12H23N3/c1-4-6-12-14-8-10-15(12)9-7-11(3)13-5-2/h8,10-11,13H,4-7,9H2,1-3H3. The molecule has 1 aromatic rings. The molecule has 3 heteroatoms. The number of hydrogen-bond acceptors (Lipinski definition) is 2. The number of aryl methyl sites for hydroxylation is 2. The molecule has 0 radical (unpaired) electrons. The lowest BCUT2D eigenvalue weighted by Gasteiger charge is -2.13. The lowest BCUT2D eigenvalue weighted by atomic mass is 10.2. The normalized spacial score (nSPS) is 13.0. The van der Waals surface area contributed by atoms with Gasteiger partial charge in [-0.2, -0.15) is 0 Å². The third-order valence-electron chi connectivity index (χ3n) is 2.63. The van der Waals surface area contributed by atoms with Crippen LogP contribution in [0.2, 0.25) is 0 Å². The van der Waals surface area contributed by atoms with E-state index in [-0.39, 0.29) is 0 Å². The predicted molar refractivity (Wildman–Crippen MR) is 64.0 cm³/mol. The molecule has 0 aliphatic rings. The smallest absolute Gasteiger partial charge is 0.108 e. The van der Waals surface area contributed by atoms with E-state index >= 15 is 0 Å². The van der Waals surface area contributed by atoms with Gasteiger partial charge in [0, 0.05) is 31.4 Å². The second-order valence-corrected chi connectivity index (χ2v) is 4.03. The van der Waals surface area contributed by atoms with Crippen molar-refractivity contribution in [2.75, 3.05) is 6.54 Å². The summed E-state index contributed by atoms with van der Waals surface area (Å²) in [5.41, 5.74) is 0. The molecule has 0 amide bonds. The number of hydrogen-bond donors (Lipinski definition) is 1. The lowest BCUT2D eigenvalue weighted by molar-refractivity contribution is 0.480. The quantitative estimate of drug-likeness (QED) is 0.746. The highest BCUT2D eigenvalue weighted by atomic mass is 15.1. The summed E-state index contributed by atoms with van der Waals surface area (Å²) in [5.74, 6) is 1.22. The largest absolute Gasteiger partial charge is 0.335 e. The van der Waals surface area contributed by atoms with Gasteiger partial charge in [0.2, 0.25) is 0 Å². The molecule has 1 aromatic heterocycles. The maximum atomic E-state index is 4.37. The van der Waals surface area contributed by atoms with E-state index in [2.05, 4.69) is 41.8 Å². The van der Waals surface area contributed by atoms with Crippen molar-refractivity contribution in [3.63, 3.8) is 0 Å². The summed E-state index contributed by atoms with van der Waals surface area (Å²) in [6.45, 7) is 8.70. The Balaban J connectivity index is 2.39. The molecular formula is C12H23N3. The minimum atomic E-state index is 0.590. The van der Waals surface area contributed by atoms with E-state index in [0.29, 0.717) is 6.04 Å². The molecule has 0 fully saturated rings. The molecule has 3 nitrogen and oxygen atoms in total. The predicted octanol–water partition coefficient (Wildman–Crippen LogP) is 2.22. The van der Waals surface area contributed by atoms with E-state index in [4.69, 9.17) is 0 Å². The van der Waals surface area contributed by atoms with Crippen LogP contribution in [-0.4, -0.2) is 22.1 Å². The average molecular weight is 209 g/mol. The van der Waals surface area contributed by atoms with Crippen LogP contribution >= 0.6 is 0 Å². The summed E-state index contributed by atoms with van der Waals surface area (Å²) in [6.07, 6.45) is 7.41. The Hall–Kier alpha value is -0.830. The van der Waals surface area contributed by atoms with Crippen molar-refractivity contribution in [3.8, 4) is 0 Å². The zero-order chi connectivity index (χ0) is 11.1. The van der Waals surface area contributed by atoms with Gasteiger partial charge < -0.3 is 9.88 Å². The van der Waals surface area contributed by atoms with Crippen molar-refractivity contribution < 1.29 is 0 Å². The molecule has 1 unspecified atom stereocenters. The van der Waals surface area contributed by atoms with E-state index < -0.39 is 0 Å². The fourth-order valence-electron chi connectivity index (χ4n) is 1.78. The second kappa shape index (κ2) is 6.62. The first-order chi connectivity index (χ1) is 7.27. The van der Waals surface area contributed by atoms with Gasteiger partial charge in [-0.1, -0.05) is 13.8 Å². The topological polar surface area (TPSA) is 29.9 Å². The summed E-state index contributed by atoms with van der Waals surface area (Å²) < 4.78 is 2.28. The minimum absolute atomic E-state index is 0.590. The number of imidazole rings is 1. The van der Waals surface area contributed by atoms with E-state index in [1.165, 1.54) is 18.7 Å². The molecule has 86 valence electrons. The molecule has 1 N–H and O–H groups in total. The Morgan fingerprint density at radius 3 is 2.93 bits per heavy atom. The van der Waals surface area contributed by atoms with E-state index in [1.54, 1.807) is 0 Å². The highest BCUT2D eigenvalue weighted by Crippen LogP contribution is 2.04. The van der Waals surface area contributed by atoms with Gasteiger partial charge in [-0.25, -0.2) is 4.98 Å².